The lowest BCUT2D eigenvalue weighted by Gasteiger charge is -2.21. The quantitative estimate of drug-likeness (QED) is 0.814. The second kappa shape index (κ2) is 7.11. The molecule has 0 aliphatic carbocycles. The van der Waals surface area contributed by atoms with Crippen LogP contribution < -0.4 is 5.32 Å². The highest BCUT2D eigenvalue weighted by molar-refractivity contribution is 9.10. The van der Waals surface area contributed by atoms with E-state index in [1.165, 1.54) is 0 Å². The molecule has 1 aromatic rings. The monoisotopic (exact) mass is 362 g/mol. The van der Waals surface area contributed by atoms with Gasteiger partial charge in [0.05, 0.1) is 5.56 Å². The van der Waals surface area contributed by atoms with Gasteiger partial charge in [-0.15, -0.1) is 0 Å². The molecule has 0 spiro atoms. The third-order valence-corrected chi connectivity index (χ3v) is 3.40. The Hall–Kier alpha value is -0.420. The van der Waals surface area contributed by atoms with Crippen LogP contribution in [-0.4, -0.2) is 22.3 Å². The summed E-state index contributed by atoms with van der Waals surface area (Å²) in [5.41, 5.74) is 0.583. The molecule has 1 rings (SSSR count). The Balaban J connectivity index is 2.70. The fraction of sp³-hybridized carbons (Fsp3) is 0.500. The molecule has 17 heavy (non-hydrogen) atoms. The van der Waals surface area contributed by atoms with Gasteiger partial charge in [0.25, 0.3) is 5.91 Å². The van der Waals surface area contributed by atoms with E-state index in [2.05, 4.69) is 56.0 Å². The highest BCUT2D eigenvalue weighted by Crippen LogP contribution is 2.12. The van der Waals surface area contributed by atoms with Crippen LogP contribution in [0.15, 0.2) is 22.9 Å². The van der Waals surface area contributed by atoms with Gasteiger partial charge in [0.2, 0.25) is 0 Å². The summed E-state index contributed by atoms with van der Waals surface area (Å²) < 4.78 is 0.812. The van der Waals surface area contributed by atoms with Crippen LogP contribution in [0.5, 0.6) is 0 Å². The van der Waals surface area contributed by atoms with Gasteiger partial charge in [-0.3, -0.25) is 9.78 Å². The Labute approximate surface area is 119 Å². The highest BCUT2D eigenvalue weighted by atomic mass is 79.9. The number of hydrogen-bond donors (Lipinski definition) is 1. The summed E-state index contributed by atoms with van der Waals surface area (Å²) in [6.45, 7) is 4.21. The molecule has 0 radical (unpaired) electrons. The maximum absolute atomic E-state index is 12.0. The van der Waals surface area contributed by atoms with Gasteiger partial charge in [-0.25, -0.2) is 0 Å². The van der Waals surface area contributed by atoms with Crippen LogP contribution >= 0.6 is 31.9 Å². The number of halogens is 2. The van der Waals surface area contributed by atoms with Crippen LogP contribution in [0.3, 0.4) is 0 Å². The molecule has 1 atom stereocenters. The van der Waals surface area contributed by atoms with Gasteiger partial charge in [-0.1, -0.05) is 29.8 Å². The van der Waals surface area contributed by atoms with Crippen molar-refractivity contribution in [2.75, 3.05) is 5.33 Å². The van der Waals surface area contributed by atoms with Gasteiger partial charge < -0.3 is 5.32 Å². The normalized spacial score (nSPS) is 12.5. The van der Waals surface area contributed by atoms with Crippen molar-refractivity contribution in [2.45, 2.75) is 26.3 Å². The maximum atomic E-state index is 12.0. The van der Waals surface area contributed by atoms with Crippen molar-refractivity contribution < 1.29 is 4.79 Å². The molecule has 0 aliphatic heterocycles. The minimum atomic E-state index is -0.0709. The number of nitrogens with one attached hydrogen (secondary N) is 1. The first-order valence-electron chi connectivity index (χ1n) is 5.52. The summed E-state index contributed by atoms with van der Waals surface area (Å²) in [6, 6.07) is 1.95. The van der Waals surface area contributed by atoms with Crippen molar-refractivity contribution in [2.24, 2.45) is 5.92 Å². The van der Waals surface area contributed by atoms with E-state index in [0.717, 1.165) is 16.2 Å². The number of nitrogens with zero attached hydrogens (tertiary/aromatic N) is 1. The molecule has 1 amide bonds. The minimum Gasteiger partial charge on any atom is -0.349 e. The fourth-order valence-corrected chi connectivity index (χ4v) is 2.34. The smallest absolute Gasteiger partial charge is 0.253 e. The summed E-state index contributed by atoms with van der Waals surface area (Å²) in [5.74, 6) is 0.343. The average molecular weight is 364 g/mol. The van der Waals surface area contributed by atoms with Crippen LogP contribution in [-0.2, 0) is 0 Å². The fourth-order valence-electron chi connectivity index (χ4n) is 1.48. The second-order valence-corrected chi connectivity index (χ2v) is 5.90. The van der Waals surface area contributed by atoms with E-state index >= 15 is 0 Å². The number of amides is 1. The van der Waals surface area contributed by atoms with E-state index in [0.29, 0.717) is 11.5 Å². The molecule has 1 unspecified atom stereocenters. The summed E-state index contributed by atoms with van der Waals surface area (Å²) >= 11 is 6.71. The molecule has 0 fully saturated rings. The molecule has 0 saturated heterocycles. The molecule has 0 aromatic carbocycles. The molecular weight excluding hydrogens is 348 g/mol. The molecule has 1 aromatic heterocycles. The highest BCUT2D eigenvalue weighted by Gasteiger charge is 2.16. The van der Waals surface area contributed by atoms with Crippen LogP contribution in [0.1, 0.15) is 30.6 Å². The molecule has 94 valence electrons. The molecule has 1 N–H and O–H groups in total. The summed E-state index contributed by atoms with van der Waals surface area (Å²) in [5, 5.41) is 3.91. The van der Waals surface area contributed by atoms with Crippen molar-refractivity contribution in [3.8, 4) is 0 Å². The number of carbonyl (C=O) groups excluding carboxylic acids is 1. The predicted molar refractivity (Wildman–Crippen MR) is 76.4 cm³/mol. The van der Waals surface area contributed by atoms with Gasteiger partial charge in [0, 0.05) is 28.2 Å². The van der Waals surface area contributed by atoms with Crippen LogP contribution in [0, 0.1) is 5.92 Å². The number of pyridine rings is 1. The Morgan fingerprint density at radius 2 is 2.18 bits per heavy atom. The van der Waals surface area contributed by atoms with Gasteiger partial charge in [0.15, 0.2) is 0 Å². The lowest BCUT2D eigenvalue weighted by Crippen LogP contribution is -2.38. The number of hydrogen-bond acceptors (Lipinski definition) is 2. The Morgan fingerprint density at radius 3 is 2.71 bits per heavy atom. The van der Waals surface area contributed by atoms with Gasteiger partial charge in [-0.05, 0) is 34.3 Å². The molecule has 0 aliphatic rings. The van der Waals surface area contributed by atoms with Crippen molar-refractivity contribution in [3.05, 3.63) is 28.5 Å². The molecule has 3 nitrogen and oxygen atoms in total. The SMILES string of the molecule is CC(C)C(CCBr)NC(=O)c1cncc(Br)c1. The molecular formula is C12H16Br2N2O. The minimum absolute atomic E-state index is 0.0709. The van der Waals surface area contributed by atoms with Crippen LogP contribution in [0.25, 0.3) is 0 Å². The van der Waals surface area contributed by atoms with E-state index in [1.807, 2.05) is 0 Å². The van der Waals surface area contributed by atoms with Crippen LogP contribution in [0.2, 0.25) is 0 Å². The second-order valence-electron chi connectivity index (χ2n) is 4.19. The first-order valence-corrected chi connectivity index (χ1v) is 7.43. The van der Waals surface area contributed by atoms with Crippen molar-refractivity contribution in [1.82, 2.24) is 10.3 Å². The van der Waals surface area contributed by atoms with Crippen molar-refractivity contribution in [1.29, 1.82) is 0 Å². The predicted octanol–water partition coefficient (Wildman–Crippen LogP) is 3.38. The Kier molecular flexibility index (Phi) is 6.12. The average Bonchev–Trinajstić information content (AvgIpc) is 2.28. The van der Waals surface area contributed by atoms with Crippen molar-refractivity contribution in [3.63, 3.8) is 0 Å². The maximum Gasteiger partial charge on any atom is 0.253 e. The zero-order valence-corrected chi connectivity index (χ0v) is 13.1. The third kappa shape index (κ3) is 4.76. The van der Waals surface area contributed by atoms with Gasteiger partial charge in [0.1, 0.15) is 0 Å². The molecule has 5 heteroatoms. The molecule has 0 bridgehead atoms. The van der Waals surface area contributed by atoms with E-state index in [-0.39, 0.29) is 11.9 Å². The zero-order valence-electron chi connectivity index (χ0n) is 9.91. The van der Waals surface area contributed by atoms with Crippen LogP contribution in [0.4, 0.5) is 0 Å². The summed E-state index contributed by atoms with van der Waals surface area (Å²) in [6.07, 6.45) is 4.16. The zero-order chi connectivity index (χ0) is 12.8. The van der Waals surface area contributed by atoms with Gasteiger partial charge in [-0.2, -0.15) is 0 Å². The number of carbonyl (C=O) groups is 1. The lowest BCUT2D eigenvalue weighted by atomic mass is 10.0. The third-order valence-electron chi connectivity index (χ3n) is 2.51. The molecule has 1 heterocycles. The van der Waals surface area contributed by atoms with E-state index in [4.69, 9.17) is 0 Å². The molecule has 0 saturated carbocycles. The Bertz CT molecular complexity index is 383. The number of aromatic nitrogens is 1. The van der Waals surface area contributed by atoms with E-state index in [9.17, 15) is 4.79 Å². The lowest BCUT2D eigenvalue weighted by molar-refractivity contribution is 0.0924. The summed E-state index contributed by atoms with van der Waals surface area (Å²) in [7, 11) is 0. The van der Waals surface area contributed by atoms with Crippen molar-refractivity contribution >= 4 is 37.8 Å². The summed E-state index contributed by atoms with van der Waals surface area (Å²) in [4.78, 5) is 16.0. The standard InChI is InChI=1S/C12H16Br2N2O/c1-8(2)11(3-4-13)16-12(17)9-5-10(14)7-15-6-9/h5-8,11H,3-4H2,1-2H3,(H,16,17). The largest absolute Gasteiger partial charge is 0.349 e. The first kappa shape index (κ1) is 14.6. The number of rotatable bonds is 5. The Morgan fingerprint density at radius 1 is 1.47 bits per heavy atom. The number of alkyl halides is 1. The van der Waals surface area contributed by atoms with E-state index in [1.54, 1.807) is 18.5 Å². The first-order chi connectivity index (χ1) is 8.04. The van der Waals surface area contributed by atoms with Gasteiger partial charge >= 0.3 is 0 Å². The van der Waals surface area contributed by atoms with E-state index < -0.39 is 0 Å². The topological polar surface area (TPSA) is 42.0 Å².